The number of hydrogen-bond acceptors (Lipinski definition) is 2. The van der Waals surface area contributed by atoms with E-state index in [9.17, 15) is 4.79 Å². The topological polar surface area (TPSA) is 26.3 Å². The maximum atomic E-state index is 11.8. The van der Waals surface area contributed by atoms with E-state index in [1.165, 1.54) is 25.7 Å². The molecule has 2 atom stereocenters. The van der Waals surface area contributed by atoms with Gasteiger partial charge in [0.05, 0.1) is 5.92 Å². The molecule has 1 heterocycles. The smallest absolute Gasteiger partial charge is 0.310 e. The maximum absolute atomic E-state index is 11.8. The zero-order valence-corrected chi connectivity index (χ0v) is 8.95. The SMILES string of the molecule is CC1(C)OC(=O)C2C3CCC(CC3)C21. The standard InChI is InChI=1S/C12H18O2/c1-12(2)10-8-5-3-7(4-6-8)9(10)11(13)14-12/h7-10H,3-6H2,1-2H3. The molecule has 0 aromatic rings. The molecular weight excluding hydrogens is 176 g/mol. The maximum Gasteiger partial charge on any atom is 0.310 e. The van der Waals surface area contributed by atoms with Crippen molar-refractivity contribution in [3.05, 3.63) is 0 Å². The molecule has 2 heteroatoms. The van der Waals surface area contributed by atoms with Crippen LogP contribution in [0.25, 0.3) is 0 Å². The largest absolute Gasteiger partial charge is 0.459 e. The zero-order valence-electron chi connectivity index (χ0n) is 8.95. The summed E-state index contributed by atoms with van der Waals surface area (Å²) in [5.74, 6) is 2.25. The first kappa shape index (κ1) is 8.75. The van der Waals surface area contributed by atoms with Gasteiger partial charge in [-0.15, -0.1) is 0 Å². The Balaban J connectivity index is 2.00. The number of cyclic esters (lactones) is 1. The van der Waals surface area contributed by atoms with Gasteiger partial charge in [-0.1, -0.05) is 0 Å². The average molecular weight is 194 g/mol. The zero-order chi connectivity index (χ0) is 9.92. The molecule has 2 bridgehead atoms. The molecule has 1 aliphatic heterocycles. The minimum atomic E-state index is -0.189. The highest BCUT2D eigenvalue weighted by atomic mass is 16.6. The van der Waals surface area contributed by atoms with Gasteiger partial charge in [-0.05, 0) is 51.4 Å². The summed E-state index contributed by atoms with van der Waals surface area (Å²) in [7, 11) is 0. The van der Waals surface area contributed by atoms with Crippen molar-refractivity contribution in [1.82, 2.24) is 0 Å². The van der Waals surface area contributed by atoms with Crippen molar-refractivity contribution in [2.75, 3.05) is 0 Å². The van der Waals surface area contributed by atoms with E-state index in [0.29, 0.717) is 11.8 Å². The molecule has 2 unspecified atom stereocenters. The van der Waals surface area contributed by atoms with Gasteiger partial charge in [0, 0.05) is 5.92 Å². The number of esters is 1. The molecule has 0 aromatic heterocycles. The first-order valence-electron chi connectivity index (χ1n) is 5.82. The van der Waals surface area contributed by atoms with Gasteiger partial charge in [-0.3, -0.25) is 4.79 Å². The van der Waals surface area contributed by atoms with Gasteiger partial charge < -0.3 is 4.74 Å². The van der Waals surface area contributed by atoms with Gasteiger partial charge >= 0.3 is 5.97 Å². The number of ether oxygens (including phenoxy) is 1. The van der Waals surface area contributed by atoms with Crippen molar-refractivity contribution in [3.8, 4) is 0 Å². The van der Waals surface area contributed by atoms with Gasteiger partial charge in [0.2, 0.25) is 0 Å². The Morgan fingerprint density at radius 1 is 1.14 bits per heavy atom. The van der Waals surface area contributed by atoms with Crippen LogP contribution in [-0.2, 0) is 9.53 Å². The molecule has 4 fully saturated rings. The van der Waals surface area contributed by atoms with Gasteiger partial charge in [-0.25, -0.2) is 0 Å². The van der Waals surface area contributed by atoms with Crippen LogP contribution in [-0.4, -0.2) is 11.6 Å². The summed E-state index contributed by atoms with van der Waals surface area (Å²) >= 11 is 0. The predicted octanol–water partition coefficient (Wildman–Crippen LogP) is 2.37. The molecule has 0 spiro atoms. The number of carbonyl (C=O) groups excluding carboxylic acids is 1. The number of hydrogen-bond donors (Lipinski definition) is 0. The van der Waals surface area contributed by atoms with Crippen molar-refractivity contribution >= 4 is 5.97 Å². The van der Waals surface area contributed by atoms with Crippen LogP contribution in [0.3, 0.4) is 0 Å². The van der Waals surface area contributed by atoms with Crippen molar-refractivity contribution < 1.29 is 9.53 Å². The second-order valence-electron chi connectivity index (χ2n) is 5.75. The molecule has 0 radical (unpaired) electrons. The average Bonchev–Trinajstić information content (AvgIpc) is 2.41. The Hall–Kier alpha value is -0.530. The Morgan fingerprint density at radius 3 is 2.29 bits per heavy atom. The second kappa shape index (κ2) is 2.53. The van der Waals surface area contributed by atoms with Crippen LogP contribution in [0.15, 0.2) is 0 Å². The Labute approximate surface area is 85.0 Å². The Morgan fingerprint density at radius 2 is 1.71 bits per heavy atom. The lowest BCUT2D eigenvalue weighted by Crippen LogP contribution is -2.45. The highest BCUT2D eigenvalue weighted by Gasteiger charge is 2.59. The van der Waals surface area contributed by atoms with E-state index in [4.69, 9.17) is 4.74 Å². The minimum absolute atomic E-state index is 0.0920. The molecule has 3 aliphatic carbocycles. The molecule has 14 heavy (non-hydrogen) atoms. The predicted molar refractivity (Wildman–Crippen MR) is 52.6 cm³/mol. The third-order valence-corrected chi connectivity index (χ3v) is 4.66. The lowest BCUT2D eigenvalue weighted by Gasteiger charge is -2.46. The monoisotopic (exact) mass is 194 g/mol. The van der Waals surface area contributed by atoms with Crippen molar-refractivity contribution in [2.45, 2.75) is 45.1 Å². The van der Waals surface area contributed by atoms with E-state index in [1.807, 2.05) is 0 Å². The number of fused-ring (bicyclic) bond motifs is 2. The van der Waals surface area contributed by atoms with Gasteiger partial charge in [0.15, 0.2) is 0 Å². The Kier molecular flexibility index (Phi) is 1.58. The minimum Gasteiger partial charge on any atom is -0.459 e. The van der Waals surface area contributed by atoms with Crippen LogP contribution >= 0.6 is 0 Å². The first-order valence-corrected chi connectivity index (χ1v) is 5.82. The van der Waals surface area contributed by atoms with Crippen LogP contribution in [0.2, 0.25) is 0 Å². The van der Waals surface area contributed by atoms with Gasteiger partial charge in [-0.2, -0.15) is 0 Å². The van der Waals surface area contributed by atoms with E-state index in [1.54, 1.807) is 0 Å². The van der Waals surface area contributed by atoms with Crippen molar-refractivity contribution in [3.63, 3.8) is 0 Å². The Bertz CT molecular complexity index is 274. The van der Waals surface area contributed by atoms with Crippen LogP contribution in [0.5, 0.6) is 0 Å². The molecule has 1 saturated heterocycles. The molecule has 0 aromatic carbocycles. The molecule has 3 saturated carbocycles. The molecule has 4 aliphatic rings. The number of rotatable bonds is 0. The fraction of sp³-hybridized carbons (Fsp3) is 0.917. The highest BCUT2D eigenvalue weighted by Crippen LogP contribution is 2.57. The molecule has 4 rings (SSSR count). The summed E-state index contributed by atoms with van der Waals surface area (Å²) in [6.07, 6.45) is 5.17. The summed E-state index contributed by atoms with van der Waals surface area (Å²) in [6.45, 7) is 4.19. The van der Waals surface area contributed by atoms with E-state index < -0.39 is 0 Å². The lowest BCUT2D eigenvalue weighted by molar-refractivity contribution is -0.149. The normalized spacial score (nSPS) is 48.9. The highest BCUT2D eigenvalue weighted by molar-refractivity contribution is 5.76. The molecular formula is C12H18O2. The van der Waals surface area contributed by atoms with E-state index in [-0.39, 0.29) is 17.5 Å². The van der Waals surface area contributed by atoms with Gasteiger partial charge in [0.25, 0.3) is 0 Å². The first-order chi connectivity index (χ1) is 6.59. The summed E-state index contributed by atoms with van der Waals surface area (Å²) in [5, 5.41) is 0. The van der Waals surface area contributed by atoms with E-state index in [2.05, 4.69) is 13.8 Å². The third-order valence-electron chi connectivity index (χ3n) is 4.66. The van der Waals surface area contributed by atoms with E-state index in [0.717, 1.165) is 5.92 Å². The number of carbonyl (C=O) groups is 1. The molecule has 0 N–H and O–H groups in total. The fourth-order valence-corrected chi connectivity index (χ4v) is 4.18. The summed E-state index contributed by atoms with van der Waals surface area (Å²) < 4.78 is 5.54. The molecule has 0 amide bonds. The summed E-state index contributed by atoms with van der Waals surface area (Å²) in [4.78, 5) is 11.8. The van der Waals surface area contributed by atoms with Crippen LogP contribution < -0.4 is 0 Å². The van der Waals surface area contributed by atoms with Crippen LogP contribution in [0, 0.1) is 23.7 Å². The molecule has 2 nitrogen and oxygen atoms in total. The second-order valence-corrected chi connectivity index (χ2v) is 5.75. The van der Waals surface area contributed by atoms with Crippen molar-refractivity contribution in [1.29, 1.82) is 0 Å². The lowest BCUT2D eigenvalue weighted by atomic mass is 9.56. The summed E-state index contributed by atoms with van der Waals surface area (Å²) in [5.41, 5.74) is -0.189. The van der Waals surface area contributed by atoms with Crippen LogP contribution in [0.4, 0.5) is 0 Å². The van der Waals surface area contributed by atoms with Crippen LogP contribution in [0.1, 0.15) is 39.5 Å². The van der Waals surface area contributed by atoms with Crippen molar-refractivity contribution in [2.24, 2.45) is 23.7 Å². The fourth-order valence-electron chi connectivity index (χ4n) is 4.18. The van der Waals surface area contributed by atoms with E-state index >= 15 is 0 Å². The quantitative estimate of drug-likeness (QED) is 0.553. The summed E-state index contributed by atoms with van der Waals surface area (Å²) in [6, 6.07) is 0. The van der Waals surface area contributed by atoms with Gasteiger partial charge in [0.1, 0.15) is 5.60 Å². The third kappa shape index (κ3) is 0.945. The molecule has 78 valence electrons.